The normalized spacial score (nSPS) is 21.0. The zero-order valence-corrected chi connectivity index (χ0v) is 8.64. The van der Waals surface area contributed by atoms with Crippen LogP contribution in [-0.2, 0) is 4.79 Å². The van der Waals surface area contributed by atoms with E-state index in [4.69, 9.17) is 0 Å². The van der Waals surface area contributed by atoms with E-state index in [1.807, 2.05) is 0 Å². The third-order valence-electron chi connectivity index (χ3n) is 3.26. The molecular weight excluding hydrogens is 160 g/mol. The summed E-state index contributed by atoms with van der Waals surface area (Å²) in [6.45, 7) is 5.60. The monoisotopic (exact) mass is 180 g/mol. The molecule has 0 aromatic rings. The molecule has 1 fully saturated rings. The summed E-state index contributed by atoms with van der Waals surface area (Å²) in [7, 11) is 0. The van der Waals surface area contributed by atoms with Crippen LogP contribution in [0.4, 0.5) is 0 Å². The second-order valence-corrected chi connectivity index (χ2v) is 4.33. The largest absolute Gasteiger partial charge is 0.300 e. The summed E-state index contributed by atoms with van der Waals surface area (Å²) in [5.74, 6) is 0.312. The third-order valence-corrected chi connectivity index (χ3v) is 3.26. The van der Waals surface area contributed by atoms with E-state index < -0.39 is 0 Å². The van der Waals surface area contributed by atoms with Gasteiger partial charge in [0.1, 0.15) is 5.78 Å². The lowest BCUT2D eigenvalue weighted by molar-refractivity contribution is -0.117. The molecule has 0 saturated heterocycles. The van der Waals surface area contributed by atoms with E-state index in [0.29, 0.717) is 11.2 Å². The number of allylic oxidation sites excluding steroid dienone is 1. The molecule has 0 heterocycles. The van der Waals surface area contributed by atoms with E-state index in [1.165, 1.54) is 32.1 Å². The summed E-state index contributed by atoms with van der Waals surface area (Å²) in [6, 6.07) is 0. The Kier molecular flexibility index (Phi) is 3.71. The van der Waals surface area contributed by atoms with Crippen LogP contribution in [0, 0.1) is 5.41 Å². The Balaban J connectivity index is 2.47. The molecule has 0 atom stereocenters. The smallest absolute Gasteiger partial charge is 0.129 e. The maximum atomic E-state index is 10.9. The average Bonchev–Trinajstić information content (AvgIpc) is 2.16. The van der Waals surface area contributed by atoms with Crippen LogP contribution in [0.3, 0.4) is 0 Å². The fraction of sp³-hybridized carbons (Fsp3) is 0.750. The molecule has 0 N–H and O–H groups in total. The van der Waals surface area contributed by atoms with Crippen molar-refractivity contribution >= 4 is 5.78 Å². The zero-order valence-electron chi connectivity index (χ0n) is 8.64. The van der Waals surface area contributed by atoms with Gasteiger partial charge in [-0.25, -0.2) is 0 Å². The quantitative estimate of drug-likeness (QED) is 0.605. The number of rotatable bonds is 4. The van der Waals surface area contributed by atoms with Gasteiger partial charge in [0.25, 0.3) is 0 Å². The number of carbonyl (C=O) groups excluding carboxylic acids is 1. The molecule has 0 aliphatic heterocycles. The van der Waals surface area contributed by atoms with Crippen LogP contribution in [0.15, 0.2) is 12.7 Å². The maximum Gasteiger partial charge on any atom is 0.129 e. The molecule has 1 nitrogen and oxygen atoms in total. The highest BCUT2D eigenvalue weighted by atomic mass is 16.1. The molecule has 1 rings (SSSR count). The van der Waals surface area contributed by atoms with Gasteiger partial charge in [0, 0.05) is 6.42 Å². The van der Waals surface area contributed by atoms with Crippen molar-refractivity contribution in [2.45, 2.75) is 51.9 Å². The highest BCUT2D eigenvalue weighted by molar-refractivity contribution is 5.75. The highest BCUT2D eigenvalue weighted by Gasteiger charge is 2.28. The van der Waals surface area contributed by atoms with Gasteiger partial charge in [-0.15, -0.1) is 6.58 Å². The first-order valence-corrected chi connectivity index (χ1v) is 5.32. The lowest BCUT2D eigenvalue weighted by Crippen LogP contribution is -2.22. The van der Waals surface area contributed by atoms with Gasteiger partial charge in [-0.3, -0.25) is 0 Å². The first-order chi connectivity index (χ1) is 6.18. The number of hydrogen-bond acceptors (Lipinski definition) is 1. The summed E-state index contributed by atoms with van der Waals surface area (Å²) in [5.41, 5.74) is 0.296. The fourth-order valence-corrected chi connectivity index (χ4v) is 2.24. The number of Topliss-reactive ketones (excluding diaryl/α,β-unsaturated/α-hetero) is 1. The van der Waals surface area contributed by atoms with Gasteiger partial charge >= 0.3 is 0 Å². The van der Waals surface area contributed by atoms with Gasteiger partial charge in [-0.1, -0.05) is 25.3 Å². The standard InChI is InChI=1S/C12H20O/c1-3-12(10-7-11(2)13)8-5-4-6-9-12/h3H,1,4-10H2,2H3. The predicted octanol–water partition coefficient (Wildman–Crippen LogP) is 3.49. The molecule has 0 unspecified atom stereocenters. The van der Waals surface area contributed by atoms with E-state index >= 15 is 0 Å². The summed E-state index contributed by atoms with van der Waals surface area (Å²) in [5, 5.41) is 0. The minimum absolute atomic E-state index is 0.296. The molecule has 0 spiro atoms. The third kappa shape index (κ3) is 2.98. The number of carbonyl (C=O) groups is 1. The lowest BCUT2D eigenvalue weighted by atomic mass is 9.71. The van der Waals surface area contributed by atoms with Crippen LogP contribution in [0.5, 0.6) is 0 Å². The van der Waals surface area contributed by atoms with Crippen LogP contribution in [0.25, 0.3) is 0 Å². The topological polar surface area (TPSA) is 17.1 Å². The highest BCUT2D eigenvalue weighted by Crippen LogP contribution is 2.41. The second kappa shape index (κ2) is 4.59. The molecule has 0 bridgehead atoms. The van der Waals surface area contributed by atoms with Crippen molar-refractivity contribution in [1.82, 2.24) is 0 Å². The molecule has 0 aromatic heterocycles. The molecule has 0 amide bonds. The van der Waals surface area contributed by atoms with Crippen molar-refractivity contribution in [3.8, 4) is 0 Å². The van der Waals surface area contributed by atoms with Gasteiger partial charge in [-0.2, -0.15) is 0 Å². The Morgan fingerprint density at radius 1 is 1.38 bits per heavy atom. The first-order valence-electron chi connectivity index (χ1n) is 5.32. The summed E-state index contributed by atoms with van der Waals surface area (Å²) < 4.78 is 0. The van der Waals surface area contributed by atoms with Crippen molar-refractivity contribution in [3.05, 3.63) is 12.7 Å². The van der Waals surface area contributed by atoms with Crippen molar-refractivity contribution in [1.29, 1.82) is 0 Å². The van der Waals surface area contributed by atoms with E-state index in [1.54, 1.807) is 6.92 Å². The van der Waals surface area contributed by atoms with Crippen LogP contribution in [0.1, 0.15) is 51.9 Å². The van der Waals surface area contributed by atoms with Crippen LogP contribution < -0.4 is 0 Å². The van der Waals surface area contributed by atoms with E-state index in [9.17, 15) is 4.79 Å². The van der Waals surface area contributed by atoms with Gasteiger partial charge in [0.15, 0.2) is 0 Å². The molecule has 0 radical (unpaired) electrons. The zero-order chi connectivity index (χ0) is 9.73. The van der Waals surface area contributed by atoms with Gasteiger partial charge in [-0.05, 0) is 31.6 Å². The van der Waals surface area contributed by atoms with Crippen molar-refractivity contribution in [2.75, 3.05) is 0 Å². The Morgan fingerprint density at radius 3 is 2.46 bits per heavy atom. The van der Waals surface area contributed by atoms with Gasteiger partial charge in [0.2, 0.25) is 0 Å². The summed E-state index contributed by atoms with van der Waals surface area (Å²) in [4.78, 5) is 10.9. The molecular formula is C12H20O. The van der Waals surface area contributed by atoms with Crippen molar-refractivity contribution < 1.29 is 4.79 Å². The summed E-state index contributed by atoms with van der Waals surface area (Å²) in [6.07, 6.45) is 10.3. The van der Waals surface area contributed by atoms with E-state index in [2.05, 4.69) is 12.7 Å². The number of hydrogen-bond donors (Lipinski definition) is 0. The Labute approximate surface area is 81.2 Å². The Hall–Kier alpha value is -0.590. The molecule has 1 heteroatoms. The van der Waals surface area contributed by atoms with E-state index in [0.717, 1.165) is 12.8 Å². The van der Waals surface area contributed by atoms with E-state index in [-0.39, 0.29) is 0 Å². The van der Waals surface area contributed by atoms with Crippen molar-refractivity contribution in [2.24, 2.45) is 5.41 Å². The number of ketones is 1. The maximum absolute atomic E-state index is 10.9. The minimum atomic E-state index is 0.296. The van der Waals surface area contributed by atoms with Crippen LogP contribution in [0.2, 0.25) is 0 Å². The molecule has 1 saturated carbocycles. The lowest BCUT2D eigenvalue weighted by Gasteiger charge is -2.34. The molecule has 74 valence electrons. The summed E-state index contributed by atoms with van der Waals surface area (Å²) >= 11 is 0. The molecule has 1 aliphatic rings. The van der Waals surface area contributed by atoms with Crippen molar-refractivity contribution in [3.63, 3.8) is 0 Å². The molecule has 0 aromatic carbocycles. The predicted molar refractivity (Wildman–Crippen MR) is 55.6 cm³/mol. The average molecular weight is 180 g/mol. The van der Waals surface area contributed by atoms with Gasteiger partial charge in [0.05, 0.1) is 0 Å². The first kappa shape index (κ1) is 10.5. The second-order valence-electron chi connectivity index (χ2n) is 4.33. The molecule has 13 heavy (non-hydrogen) atoms. The molecule has 1 aliphatic carbocycles. The fourth-order valence-electron chi connectivity index (χ4n) is 2.24. The Bertz CT molecular complexity index is 187. The Morgan fingerprint density at radius 2 is 2.00 bits per heavy atom. The van der Waals surface area contributed by atoms with Crippen LogP contribution >= 0.6 is 0 Å². The van der Waals surface area contributed by atoms with Crippen LogP contribution in [-0.4, -0.2) is 5.78 Å². The SMILES string of the molecule is C=CC1(CCC(C)=O)CCCCC1. The van der Waals surface area contributed by atoms with Gasteiger partial charge < -0.3 is 4.79 Å². The minimum Gasteiger partial charge on any atom is -0.300 e.